The summed E-state index contributed by atoms with van der Waals surface area (Å²) in [5.41, 5.74) is 6.81. The fourth-order valence-electron chi connectivity index (χ4n) is 2.96. The van der Waals surface area contributed by atoms with Crippen LogP contribution in [0.1, 0.15) is 44.3 Å². The molecule has 1 aliphatic carbocycles. The van der Waals surface area contributed by atoms with Crippen LogP contribution in [0.5, 0.6) is 0 Å². The Hall–Kier alpha value is 0.1000. The number of benzene rings is 1. The zero-order valence-electron chi connectivity index (χ0n) is 11.2. The van der Waals surface area contributed by atoms with Crippen LogP contribution in [0.3, 0.4) is 0 Å². The Balaban J connectivity index is 2.25. The van der Waals surface area contributed by atoms with Gasteiger partial charge in [0, 0.05) is 20.9 Å². The third kappa shape index (κ3) is 3.23. The Morgan fingerprint density at radius 2 is 1.95 bits per heavy atom. The van der Waals surface area contributed by atoms with E-state index in [9.17, 15) is 5.11 Å². The van der Waals surface area contributed by atoms with Crippen LogP contribution in [-0.2, 0) is 0 Å². The number of hydrogen-bond acceptors (Lipinski definition) is 2. The second kappa shape index (κ2) is 6.25. The Bertz CT molecular complexity index is 442. The molecule has 0 bridgehead atoms. The summed E-state index contributed by atoms with van der Waals surface area (Å²) < 4.78 is 1.97. The number of aliphatic hydroxyl groups excluding tert-OH is 1. The molecule has 2 nitrogen and oxygen atoms in total. The zero-order chi connectivity index (χ0) is 14.0. The van der Waals surface area contributed by atoms with Crippen molar-refractivity contribution in [2.24, 2.45) is 17.1 Å². The molecule has 0 spiro atoms. The first-order valence-corrected chi connectivity index (χ1v) is 8.40. The molecule has 0 aliphatic heterocycles. The third-order valence-corrected chi connectivity index (χ3v) is 6.40. The van der Waals surface area contributed by atoms with Crippen LogP contribution >= 0.6 is 31.9 Å². The molecular weight excluding hydrogens is 370 g/mol. The maximum absolute atomic E-state index is 10.8. The van der Waals surface area contributed by atoms with Gasteiger partial charge in [0.15, 0.2) is 0 Å². The Morgan fingerprint density at radius 3 is 2.47 bits per heavy atom. The highest BCUT2D eigenvalue weighted by atomic mass is 79.9. The molecule has 2 rings (SSSR count). The average Bonchev–Trinajstić information content (AvgIpc) is 2.42. The molecule has 1 aliphatic rings. The Labute approximate surface area is 132 Å². The van der Waals surface area contributed by atoms with Crippen molar-refractivity contribution in [3.8, 4) is 0 Å². The van der Waals surface area contributed by atoms with Crippen LogP contribution in [0.4, 0.5) is 0 Å². The summed E-state index contributed by atoms with van der Waals surface area (Å²) in [4.78, 5) is 0. The molecule has 1 saturated carbocycles. The van der Waals surface area contributed by atoms with Crippen molar-refractivity contribution in [3.63, 3.8) is 0 Å². The molecule has 1 fully saturated rings. The molecule has 4 heteroatoms. The minimum atomic E-state index is -0.477. The van der Waals surface area contributed by atoms with Gasteiger partial charge >= 0.3 is 0 Å². The van der Waals surface area contributed by atoms with E-state index in [2.05, 4.69) is 38.8 Å². The predicted octanol–water partition coefficient (Wildman–Crippen LogP) is 4.40. The minimum Gasteiger partial charge on any atom is -0.388 e. The van der Waals surface area contributed by atoms with Crippen LogP contribution < -0.4 is 5.73 Å². The molecule has 3 N–H and O–H groups in total. The minimum absolute atomic E-state index is 0.153. The number of aliphatic hydroxyl groups is 1. The van der Waals surface area contributed by atoms with Crippen molar-refractivity contribution >= 4 is 31.9 Å². The SMILES string of the molecule is CC1CCC(CN)(C(O)c2ccc(Br)c(Br)c2)CC1. The van der Waals surface area contributed by atoms with Crippen LogP contribution in [0, 0.1) is 11.3 Å². The quantitative estimate of drug-likeness (QED) is 0.803. The van der Waals surface area contributed by atoms with Crippen molar-refractivity contribution in [2.75, 3.05) is 6.54 Å². The highest BCUT2D eigenvalue weighted by Crippen LogP contribution is 2.47. The monoisotopic (exact) mass is 389 g/mol. The van der Waals surface area contributed by atoms with E-state index in [-0.39, 0.29) is 5.41 Å². The van der Waals surface area contributed by atoms with Gasteiger partial charge in [0.1, 0.15) is 0 Å². The third-order valence-electron chi connectivity index (χ3n) is 4.52. The van der Waals surface area contributed by atoms with Crippen molar-refractivity contribution in [3.05, 3.63) is 32.7 Å². The second-order valence-electron chi connectivity index (χ2n) is 5.83. The van der Waals surface area contributed by atoms with Crippen molar-refractivity contribution in [1.29, 1.82) is 0 Å². The van der Waals surface area contributed by atoms with E-state index in [4.69, 9.17) is 5.73 Å². The van der Waals surface area contributed by atoms with Gasteiger partial charge in [-0.2, -0.15) is 0 Å². The molecule has 0 saturated heterocycles. The number of rotatable bonds is 3. The molecule has 1 aromatic rings. The van der Waals surface area contributed by atoms with Gasteiger partial charge in [-0.3, -0.25) is 0 Å². The molecule has 0 heterocycles. The van der Waals surface area contributed by atoms with E-state index in [1.165, 1.54) is 0 Å². The van der Waals surface area contributed by atoms with E-state index in [1.54, 1.807) is 0 Å². The summed E-state index contributed by atoms with van der Waals surface area (Å²) in [7, 11) is 0. The molecule has 19 heavy (non-hydrogen) atoms. The van der Waals surface area contributed by atoms with Crippen LogP contribution in [0.25, 0.3) is 0 Å². The first-order chi connectivity index (χ1) is 8.98. The fourth-order valence-corrected chi connectivity index (χ4v) is 3.61. The van der Waals surface area contributed by atoms with Gasteiger partial charge in [0.05, 0.1) is 6.10 Å². The second-order valence-corrected chi connectivity index (χ2v) is 7.53. The van der Waals surface area contributed by atoms with Gasteiger partial charge in [-0.05, 0) is 68.3 Å². The van der Waals surface area contributed by atoms with Gasteiger partial charge in [-0.25, -0.2) is 0 Å². The van der Waals surface area contributed by atoms with E-state index >= 15 is 0 Å². The lowest BCUT2D eigenvalue weighted by Crippen LogP contribution is -2.39. The maximum atomic E-state index is 10.8. The summed E-state index contributed by atoms with van der Waals surface area (Å²) >= 11 is 6.96. The standard InChI is InChI=1S/C15H21Br2NO/c1-10-4-6-15(9-18,7-5-10)14(19)11-2-3-12(16)13(17)8-11/h2-3,8,10,14,19H,4-7,9,18H2,1H3. The van der Waals surface area contributed by atoms with E-state index < -0.39 is 6.10 Å². The fraction of sp³-hybridized carbons (Fsp3) is 0.600. The molecule has 106 valence electrons. The summed E-state index contributed by atoms with van der Waals surface area (Å²) in [5.74, 6) is 0.753. The van der Waals surface area contributed by atoms with Crippen LogP contribution in [-0.4, -0.2) is 11.7 Å². The smallest absolute Gasteiger partial charge is 0.0858 e. The Morgan fingerprint density at radius 1 is 1.32 bits per heavy atom. The normalized spacial score (nSPS) is 29.2. The van der Waals surface area contributed by atoms with E-state index in [0.29, 0.717) is 6.54 Å². The molecular formula is C15H21Br2NO. The van der Waals surface area contributed by atoms with Gasteiger partial charge < -0.3 is 10.8 Å². The van der Waals surface area contributed by atoms with E-state index in [1.807, 2.05) is 18.2 Å². The van der Waals surface area contributed by atoms with Gasteiger partial charge in [-0.15, -0.1) is 0 Å². The summed E-state index contributed by atoms with van der Waals surface area (Å²) in [6.45, 7) is 2.83. The topological polar surface area (TPSA) is 46.2 Å². The van der Waals surface area contributed by atoms with Crippen LogP contribution in [0.15, 0.2) is 27.1 Å². The lowest BCUT2D eigenvalue weighted by atomic mass is 9.66. The molecule has 1 aromatic carbocycles. The summed E-state index contributed by atoms with van der Waals surface area (Å²) in [6, 6.07) is 5.94. The highest BCUT2D eigenvalue weighted by molar-refractivity contribution is 9.13. The molecule has 0 amide bonds. The lowest BCUT2D eigenvalue weighted by molar-refractivity contribution is -0.00822. The number of hydrogen-bond donors (Lipinski definition) is 2. The first kappa shape index (κ1) is 15.5. The lowest BCUT2D eigenvalue weighted by Gasteiger charge is -2.42. The van der Waals surface area contributed by atoms with Gasteiger partial charge in [0.2, 0.25) is 0 Å². The molecule has 0 radical (unpaired) electrons. The van der Waals surface area contributed by atoms with Gasteiger partial charge in [0.25, 0.3) is 0 Å². The largest absolute Gasteiger partial charge is 0.388 e. The number of nitrogens with two attached hydrogens (primary N) is 1. The zero-order valence-corrected chi connectivity index (χ0v) is 14.4. The predicted molar refractivity (Wildman–Crippen MR) is 85.9 cm³/mol. The van der Waals surface area contributed by atoms with Crippen LogP contribution in [0.2, 0.25) is 0 Å². The number of halogens is 2. The first-order valence-electron chi connectivity index (χ1n) is 6.81. The highest BCUT2D eigenvalue weighted by Gasteiger charge is 2.40. The maximum Gasteiger partial charge on any atom is 0.0858 e. The van der Waals surface area contributed by atoms with Crippen molar-refractivity contribution < 1.29 is 5.11 Å². The summed E-state index contributed by atoms with van der Waals surface area (Å²) in [6.07, 6.45) is 3.87. The van der Waals surface area contributed by atoms with Crippen molar-refractivity contribution in [1.82, 2.24) is 0 Å². The Kier molecular flexibility index (Phi) is 5.09. The average molecular weight is 391 g/mol. The van der Waals surface area contributed by atoms with Gasteiger partial charge in [-0.1, -0.05) is 25.8 Å². The van der Waals surface area contributed by atoms with Crippen molar-refractivity contribution in [2.45, 2.75) is 38.7 Å². The summed E-state index contributed by atoms with van der Waals surface area (Å²) in [5, 5.41) is 10.8. The molecule has 1 atom stereocenters. The molecule has 1 unspecified atom stereocenters. The van der Waals surface area contributed by atoms with E-state index in [0.717, 1.165) is 46.1 Å². The molecule has 0 aromatic heterocycles.